The molecular formula is C17H25F2N3O3. The molecule has 1 N–H and O–H groups in total. The summed E-state index contributed by atoms with van der Waals surface area (Å²) in [5.74, 6) is -2.01. The Morgan fingerprint density at radius 1 is 1.20 bits per heavy atom. The Bertz CT molecular complexity index is 586. The zero-order chi connectivity index (χ0) is 18.0. The van der Waals surface area contributed by atoms with Gasteiger partial charge in [-0.3, -0.25) is 14.5 Å². The van der Waals surface area contributed by atoms with Crippen LogP contribution in [0.15, 0.2) is 0 Å². The van der Waals surface area contributed by atoms with Crippen LogP contribution in [-0.4, -0.2) is 78.5 Å². The smallest absolute Gasteiger partial charge is 0.252 e. The normalized spacial score (nSPS) is 36.5. The number of hydrogen-bond donors (Lipinski definition) is 1. The zero-order valence-corrected chi connectivity index (χ0v) is 14.6. The number of alkyl halides is 2. The van der Waals surface area contributed by atoms with E-state index in [1.807, 2.05) is 16.8 Å². The summed E-state index contributed by atoms with van der Waals surface area (Å²) < 4.78 is 31.7. The lowest BCUT2D eigenvalue weighted by atomic mass is 9.87. The topological polar surface area (TPSA) is 61.9 Å². The van der Waals surface area contributed by atoms with Gasteiger partial charge in [-0.1, -0.05) is 6.92 Å². The van der Waals surface area contributed by atoms with Crippen molar-refractivity contribution in [3.63, 3.8) is 0 Å². The van der Waals surface area contributed by atoms with E-state index < -0.39 is 18.0 Å². The van der Waals surface area contributed by atoms with Crippen molar-refractivity contribution in [2.45, 2.75) is 49.8 Å². The van der Waals surface area contributed by atoms with E-state index in [-0.39, 0.29) is 42.8 Å². The van der Waals surface area contributed by atoms with Gasteiger partial charge < -0.3 is 15.0 Å². The van der Waals surface area contributed by atoms with Crippen molar-refractivity contribution in [3.05, 3.63) is 0 Å². The first-order valence-electron chi connectivity index (χ1n) is 8.99. The Labute approximate surface area is 145 Å². The van der Waals surface area contributed by atoms with E-state index in [1.54, 1.807) is 0 Å². The average molecular weight is 357 g/mol. The number of nitrogens with zero attached hydrogens (tertiary/aromatic N) is 2. The monoisotopic (exact) mass is 357 g/mol. The van der Waals surface area contributed by atoms with Gasteiger partial charge in [0.25, 0.3) is 5.92 Å². The van der Waals surface area contributed by atoms with Crippen molar-refractivity contribution < 1.29 is 23.1 Å². The second-order valence-electron chi connectivity index (χ2n) is 8.41. The molecule has 0 bridgehead atoms. The summed E-state index contributed by atoms with van der Waals surface area (Å²) in [7, 11) is 1.84. The molecule has 4 fully saturated rings. The van der Waals surface area contributed by atoms with Crippen LogP contribution in [0.5, 0.6) is 0 Å². The van der Waals surface area contributed by atoms with Crippen LogP contribution in [0.4, 0.5) is 8.78 Å². The van der Waals surface area contributed by atoms with E-state index in [1.165, 1.54) is 0 Å². The van der Waals surface area contributed by atoms with Crippen molar-refractivity contribution in [3.8, 4) is 0 Å². The average Bonchev–Trinajstić information content (AvgIpc) is 3.18. The SMILES string of the molecule is C[C@@H]1C[C@H]1C(=O)N1CC2(C1)CN(C)[C@H](C(=O)NC1CC(F)(F)C1)CO2. The van der Waals surface area contributed by atoms with Gasteiger partial charge in [0.05, 0.1) is 19.7 Å². The highest BCUT2D eigenvalue weighted by Gasteiger charge is 2.54. The number of morpholine rings is 1. The number of nitrogens with one attached hydrogen (secondary N) is 1. The molecule has 25 heavy (non-hydrogen) atoms. The molecule has 0 aromatic carbocycles. The molecule has 2 saturated carbocycles. The molecule has 2 aliphatic heterocycles. The molecule has 2 heterocycles. The summed E-state index contributed by atoms with van der Waals surface area (Å²) in [5, 5.41) is 2.69. The van der Waals surface area contributed by atoms with Crippen LogP contribution in [0.25, 0.3) is 0 Å². The number of rotatable bonds is 3. The van der Waals surface area contributed by atoms with E-state index in [2.05, 4.69) is 12.2 Å². The van der Waals surface area contributed by atoms with Gasteiger partial charge in [-0.05, 0) is 19.4 Å². The van der Waals surface area contributed by atoms with Crippen LogP contribution in [-0.2, 0) is 14.3 Å². The molecule has 0 radical (unpaired) electrons. The maximum absolute atomic E-state index is 12.9. The molecule has 4 rings (SSSR count). The van der Waals surface area contributed by atoms with E-state index in [4.69, 9.17) is 4.74 Å². The van der Waals surface area contributed by atoms with Gasteiger partial charge >= 0.3 is 0 Å². The molecule has 0 aromatic rings. The summed E-state index contributed by atoms with van der Waals surface area (Å²) in [6, 6.07) is -0.905. The van der Waals surface area contributed by atoms with E-state index in [0.29, 0.717) is 25.6 Å². The molecule has 2 amide bonds. The Morgan fingerprint density at radius 3 is 2.36 bits per heavy atom. The summed E-state index contributed by atoms with van der Waals surface area (Å²) in [4.78, 5) is 28.3. The third-order valence-corrected chi connectivity index (χ3v) is 6.05. The molecule has 0 aromatic heterocycles. The largest absolute Gasteiger partial charge is 0.368 e. The van der Waals surface area contributed by atoms with Gasteiger partial charge in [0.1, 0.15) is 11.6 Å². The van der Waals surface area contributed by atoms with Gasteiger partial charge in [0, 0.05) is 31.3 Å². The molecule has 6 nitrogen and oxygen atoms in total. The van der Waals surface area contributed by atoms with E-state index in [9.17, 15) is 18.4 Å². The van der Waals surface area contributed by atoms with Crippen LogP contribution in [0.1, 0.15) is 26.2 Å². The maximum atomic E-state index is 12.9. The predicted octanol–water partition coefficient (Wildman–Crippen LogP) is 0.468. The quantitative estimate of drug-likeness (QED) is 0.798. The van der Waals surface area contributed by atoms with E-state index >= 15 is 0 Å². The van der Waals surface area contributed by atoms with Crippen LogP contribution in [0, 0.1) is 11.8 Å². The van der Waals surface area contributed by atoms with Gasteiger partial charge in [-0.25, -0.2) is 8.78 Å². The number of carbonyl (C=O) groups excluding carboxylic acids is 2. The van der Waals surface area contributed by atoms with Crippen molar-refractivity contribution in [2.24, 2.45) is 11.8 Å². The van der Waals surface area contributed by atoms with Gasteiger partial charge in [0.15, 0.2) is 0 Å². The Morgan fingerprint density at radius 2 is 1.84 bits per heavy atom. The number of likely N-dealkylation sites (tertiary alicyclic amines) is 1. The minimum Gasteiger partial charge on any atom is -0.368 e. The molecule has 2 saturated heterocycles. The molecule has 3 atom stereocenters. The van der Waals surface area contributed by atoms with Crippen molar-refractivity contribution >= 4 is 11.8 Å². The van der Waals surface area contributed by atoms with Crippen molar-refractivity contribution in [1.82, 2.24) is 15.1 Å². The number of likely N-dealkylation sites (N-methyl/N-ethyl adjacent to an activating group) is 1. The zero-order valence-electron chi connectivity index (χ0n) is 14.6. The molecule has 8 heteroatoms. The molecule has 140 valence electrons. The Hall–Kier alpha value is -1.28. The number of hydrogen-bond acceptors (Lipinski definition) is 4. The first-order valence-corrected chi connectivity index (χ1v) is 8.99. The lowest BCUT2D eigenvalue weighted by molar-refractivity contribution is -0.202. The highest BCUT2D eigenvalue weighted by molar-refractivity contribution is 5.83. The minimum atomic E-state index is -2.64. The predicted molar refractivity (Wildman–Crippen MR) is 85.1 cm³/mol. The summed E-state index contributed by atoms with van der Waals surface area (Å²) in [5.41, 5.74) is -0.386. The van der Waals surface area contributed by atoms with Gasteiger partial charge in [-0.2, -0.15) is 0 Å². The molecule has 4 aliphatic rings. The summed E-state index contributed by atoms with van der Waals surface area (Å²) in [6.07, 6.45) is 0.415. The third-order valence-electron chi connectivity index (χ3n) is 6.05. The number of amides is 2. The highest BCUT2D eigenvalue weighted by Crippen LogP contribution is 2.42. The number of carbonyl (C=O) groups is 2. The Balaban J connectivity index is 1.25. The van der Waals surface area contributed by atoms with Crippen LogP contribution in [0.3, 0.4) is 0 Å². The second kappa shape index (κ2) is 5.61. The molecule has 0 unspecified atom stereocenters. The molecule has 1 spiro atoms. The Kier molecular flexibility index (Phi) is 3.85. The number of ether oxygens (including phenoxy) is 1. The minimum absolute atomic E-state index is 0.179. The lowest BCUT2D eigenvalue weighted by Crippen LogP contribution is -2.73. The number of halogens is 2. The fourth-order valence-electron chi connectivity index (χ4n) is 4.23. The van der Waals surface area contributed by atoms with Crippen molar-refractivity contribution in [2.75, 3.05) is 33.3 Å². The maximum Gasteiger partial charge on any atom is 0.252 e. The highest BCUT2D eigenvalue weighted by atomic mass is 19.3. The second-order valence-corrected chi connectivity index (χ2v) is 8.41. The lowest BCUT2D eigenvalue weighted by Gasteiger charge is -2.55. The summed E-state index contributed by atoms with van der Waals surface area (Å²) in [6.45, 7) is 4.03. The fraction of sp³-hybridized carbons (Fsp3) is 0.882. The van der Waals surface area contributed by atoms with Crippen molar-refractivity contribution in [1.29, 1.82) is 0 Å². The first-order chi connectivity index (χ1) is 11.7. The standard InChI is InChI=1S/C17H25F2N3O3/c1-10-3-12(10)15(24)22-8-16(9-22)7-21(2)13(6-25-16)14(23)20-11-4-17(18,19)5-11/h10-13H,3-9H2,1-2H3,(H,20,23)/t10-,12-,13+/m1/s1. The van der Waals surface area contributed by atoms with Gasteiger partial charge in [0.2, 0.25) is 11.8 Å². The van der Waals surface area contributed by atoms with Gasteiger partial charge in [-0.15, -0.1) is 0 Å². The molecular weight excluding hydrogens is 332 g/mol. The summed E-state index contributed by atoms with van der Waals surface area (Å²) >= 11 is 0. The molecule has 2 aliphatic carbocycles. The van der Waals surface area contributed by atoms with Crippen LogP contribution in [0.2, 0.25) is 0 Å². The first kappa shape index (κ1) is 17.1. The third kappa shape index (κ3) is 3.14. The van der Waals surface area contributed by atoms with Crippen LogP contribution < -0.4 is 5.32 Å². The fourth-order valence-corrected chi connectivity index (χ4v) is 4.23. The van der Waals surface area contributed by atoms with E-state index in [0.717, 1.165) is 6.42 Å². The van der Waals surface area contributed by atoms with Crippen LogP contribution >= 0.6 is 0 Å².